The molecule has 0 aliphatic heterocycles. The zero-order valence-corrected chi connectivity index (χ0v) is 14.0. The average molecular weight is 287 g/mol. The Bertz CT molecular complexity index is 395. The lowest BCUT2D eigenvalue weighted by Gasteiger charge is -2.19. The van der Waals surface area contributed by atoms with E-state index in [1.807, 2.05) is 0 Å². The van der Waals surface area contributed by atoms with Crippen LogP contribution in [0.15, 0.2) is 24.3 Å². The summed E-state index contributed by atoms with van der Waals surface area (Å²) in [6.07, 6.45) is 12.5. The van der Waals surface area contributed by atoms with Crippen LogP contribution in [-0.2, 0) is 0 Å². The molecule has 1 heteroatoms. The molecule has 1 unspecified atom stereocenters. The van der Waals surface area contributed by atoms with Gasteiger partial charge in [0.05, 0.1) is 0 Å². The molecule has 0 aromatic heterocycles. The van der Waals surface area contributed by atoms with Gasteiger partial charge in [-0.1, -0.05) is 75.3 Å². The first kappa shape index (κ1) is 16.5. The lowest BCUT2D eigenvalue weighted by molar-refractivity contribution is 0.505. The van der Waals surface area contributed by atoms with Crippen molar-refractivity contribution in [2.24, 2.45) is 0 Å². The molecule has 1 aromatic rings. The van der Waals surface area contributed by atoms with E-state index in [-0.39, 0.29) is 0 Å². The Morgan fingerprint density at radius 1 is 1.10 bits per heavy atom. The monoisotopic (exact) mass is 287 g/mol. The van der Waals surface area contributed by atoms with Crippen LogP contribution in [0, 0.1) is 6.92 Å². The van der Waals surface area contributed by atoms with Gasteiger partial charge in [0, 0.05) is 12.6 Å². The molecule has 1 aliphatic carbocycles. The van der Waals surface area contributed by atoms with E-state index in [0.717, 1.165) is 6.04 Å². The third-order valence-corrected chi connectivity index (χ3v) is 4.65. The predicted molar refractivity (Wildman–Crippen MR) is 92.9 cm³/mol. The zero-order chi connectivity index (χ0) is 14.9. The van der Waals surface area contributed by atoms with Gasteiger partial charge in [-0.25, -0.2) is 0 Å². The number of nitrogens with one attached hydrogen (secondary N) is 1. The molecular formula is C20H33N. The minimum Gasteiger partial charge on any atom is -0.313 e. The maximum absolute atomic E-state index is 3.74. The molecule has 1 atom stereocenters. The summed E-state index contributed by atoms with van der Waals surface area (Å²) in [6, 6.07) is 9.96. The molecule has 21 heavy (non-hydrogen) atoms. The van der Waals surface area contributed by atoms with Crippen LogP contribution < -0.4 is 5.32 Å². The van der Waals surface area contributed by atoms with Crippen molar-refractivity contribution in [1.29, 1.82) is 0 Å². The van der Waals surface area contributed by atoms with Gasteiger partial charge in [0.15, 0.2) is 0 Å². The minimum absolute atomic E-state index is 0.705. The second kappa shape index (κ2) is 9.25. The van der Waals surface area contributed by atoms with Crippen molar-refractivity contribution in [1.82, 2.24) is 5.32 Å². The highest BCUT2D eigenvalue weighted by molar-refractivity contribution is 5.25. The van der Waals surface area contributed by atoms with Gasteiger partial charge in [-0.2, -0.15) is 0 Å². The molecular weight excluding hydrogens is 254 g/mol. The highest BCUT2D eigenvalue weighted by Gasteiger charge is 2.22. The van der Waals surface area contributed by atoms with Crippen LogP contribution in [0.4, 0.5) is 0 Å². The van der Waals surface area contributed by atoms with E-state index in [1.54, 1.807) is 0 Å². The summed E-state index contributed by atoms with van der Waals surface area (Å²) in [4.78, 5) is 0. The van der Waals surface area contributed by atoms with E-state index in [9.17, 15) is 0 Å². The summed E-state index contributed by atoms with van der Waals surface area (Å²) in [7, 11) is 0. The van der Waals surface area contributed by atoms with E-state index in [4.69, 9.17) is 0 Å². The number of hydrogen-bond donors (Lipinski definition) is 1. The Labute approximate surface area is 131 Å². The van der Waals surface area contributed by atoms with Crippen molar-refractivity contribution in [2.45, 2.75) is 83.6 Å². The van der Waals surface area contributed by atoms with E-state index in [1.165, 1.54) is 75.5 Å². The zero-order valence-electron chi connectivity index (χ0n) is 14.0. The van der Waals surface area contributed by atoms with Gasteiger partial charge in [-0.15, -0.1) is 0 Å². The van der Waals surface area contributed by atoms with E-state index >= 15 is 0 Å². The summed E-state index contributed by atoms with van der Waals surface area (Å²) in [5.74, 6) is 0.705. The summed E-state index contributed by atoms with van der Waals surface area (Å²) in [5.41, 5.74) is 2.93. The van der Waals surface area contributed by atoms with Crippen molar-refractivity contribution in [3.8, 4) is 0 Å². The molecule has 0 saturated heterocycles. The first-order valence-corrected chi connectivity index (χ1v) is 9.09. The Morgan fingerprint density at radius 2 is 1.86 bits per heavy atom. The smallest absolute Gasteiger partial charge is 0.00684 e. The molecule has 0 radical (unpaired) electrons. The quantitative estimate of drug-likeness (QED) is 0.524. The van der Waals surface area contributed by atoms with E-state index in [2.05, 4.69) is 43.4 Å². The fourth-order valence-electron chi connectivity index (χ4n) is 3.08. The molecule has 1 saturated carbocycles. The van der Waals surface area contributed by atoms with Gasteiger partial charge in [0.2, 0.25) is 0 Å². The number of unbranched alkanes of at least 4 members (excludes halogenated alkanes) is 5. The first-order valence-electron chi connectivity index (χ1n) is 9.09. The second-order valence-corrected chi connectivity index (χ2v) is 6.85. The molecule has 1 aliphatic rings. The SMILES string of the molecule is CCCCCCCCC(CNC1CC1)c1cccc(C)c1. The van der Waals surface area contributed by atoms with Crippen LogP contribution in [0.2, 0.25) is 0 Å². The normalized spacial score (nSPS) is 16.1. The number of benzene rings is 1. The molecule has 0 bridgehead atoms. The van der Waals surface area contributed by atoms with Gasteiger partial charge in [0.25, 0.3) is 0 Å². The summed E-state index contributed by atoms with van der Waals surface area (Å²) >= 11 is 0. The third-order valence-electron chi connectivity index (χ3n) is 4.65. The highest BCUT2D eigenvalue weighted by atomic mass is 14.9. The maximum Gasteiger partial charge on any atom is 0.00684 e. The fourth-order valence-corrected chi connectivity index (χ4v) is 3.08. The van der Waals surface area contributed by atoms with Crippen molar-refractivity contribution in [3.05, 3.63) is 35.4 Å². The van der Waals surface area contributed by atoms with Crippen LogP contribution in [0.1, 0.15) is 81.8 Å². The van der Waals surface area contributed by atoms with E-state index < -0.39 is 0 Å². The van der Waals surface area contributed by atoms with Crippen LogP contribution in [0.25, 0.3) is 0 Å². The van der Waals surface area contributed by atoms with Gasteiger partial charge in [-0.3, -0.25) is 0 Å². The van der Waals surface area contributed by atoms with Gasteiger partial charge in [-0.05, 0) is 37.7 Å². The van der Waals surface area contributed by atoms with Crippen molar-refractivity contribution >= 4 is 0 Å². The molecule has 2 rings (SSSR count). The summed E-state index contributed by atoms with van der Waals surface area (Å²) < 4.78 is 0. The fraction of sp³-hybridized carbons (Fsp3) is 0.700. The lowest BCUT2D eigenvalue weighted by atomic mass is 9.91. The predicted octanol–water partition coefficient (Wildman–Crippen LogP) is 5.58. The van der Waals surface area contributed by atoms with Crippen LogP contribution in [0.3, 0.4) is 0 Å². The number of aryl methyl sites for hydroxylation is 1. The second-order valence-electron chi connectivity index (χ2n) is 6.85. The molecule has 0 heterocycles. The molecule has 1 N–H and O–H groups in total. The van der Waals surface area contributed by atoms with Crippen LogP contribution in [-0.4, -0.2) is 12.6 Å². The molecule has 0 spiro atoms. The van der Waals surface area contributed by atoms with Crippen LogP contribution in [0.5, 0.6) is 0 Å². The minimum atomic E-state index is 0.705. The topological polar surface area (TPSA) is 12.0 Å². The number of rotatable bonds is 11. The van der Waals surface area contributed by atoms with Gasteiger partial charge < -0.3 is 5.32 Å². The van der Waals surface area contributed by atoms with Gasteiger partial charge >= 0.3 is 0 Å². The maximum atomic E-state index is 3.74. The summed E-state index contributed by atoms with van der Waals surface area (Å²) in [5, 5.41) is 3.74. The van der Waals surface area contributed by atoms with Crippen molar-refractivity contribution in [3.63, 3.8) is 0 Å². The first-order chi connectivity index (χ1) is 10.3. The molecule has 1 nitrogen and oxygen atoms in total. The number of hydrogen-bond acceptors (Lipinski definition) is 1. The summed E-state index contributed by atoms with van der Waals surface area (Å²) in [6.45, 7) is 5.67. The Morgan fingerprint density at radius 3 is 2.57 bits per heavy atom. The van der Waals surface area contributed by atoms with Gasteiger partial charge in [0.1, 0.15) is 0 Å². The van der Waals surface area contributed by atoms with E-state index in [0.29, 0.717) is 5.92 Å². The largest absolute Gasteiger partial charge is 0.313 e. The van der Waals surface area contributed by atoms with Crippen LogP contribution >= 0.6 is 0 Å². The lowest BCUT2D eigenvalue weighted by Crippen LogP contribution is -2.23. The highest BCUT2D eigenvalue weighted by Crippen LogP contribution is 2.26. The molecule has 0 amide bonds. The molecule has 1 fully saturated rings. The Kier molecular flexibility index (Phi) is 7.29. The molecule has 1 aromatic carbocycles. The Hall–Kier alpha value is -0.820. The van der Waals surface area contributed by atoms with Crippen molar-refractivity contribution < 1.29 is 0 Å². The molecule has 118 valence electrons. The average Bonchev–Trinajstić information content (AvgIpc) is 3.30. The Balaban J connectivity index is 1.77. The third kappa shape index (κ3) is 6.65. The van der Waals surface area contributed by atoms with Crippen molar-refractivity contribution in [2.75, 3.05) is 6.54 Å². The standard InChI is InChI=1S/C20H33N/c1-3-4-5-6-7-8-11-19(16-21-20-13-14-20)18-12-9-10-17(2)15-18/h9-10,12,15,19-21H,3-8,11,13-14,16H2,1-2H3.